The number of benzene rings is 1. The first-order valence-electron chi connectivity index (χ1n) is 6.66. The molecule has 2 rings (SSSR count). The fraction of sp³-hybridized carbons (Fsp3) is 0.600. The van der Waals surface area contributed by atoms with Crippen molar-refractivity contribution in [2.45, 2.75) is 50.7 Å². The Morgan fingerprint density at radius 2 is 2.21 bits per heavy atom. The molecule has 1 aliphatic heterocycles. The predicted octanol–water partition coefficient (Wildman–Crippen LogP) is 3.84. The van der Waals surface area contributed by atoms with Crippen LogP contribution in [0.2, 0.25) is 0 Å². The molecule has 1 aliphatic rings. The molecule has 0 spiro atoms. The van der Waals surface area contributed by atoms with Crippen LogP contribution in [0.4, 0.5) is 4.39 Å². The van der Waals surface area contributed by atoms with Crippen LogP contribution in [-0.2, 0) is 11.2 Å². The summed E-state index contributed by atoms with van der Waals surface area (Å²) < 4.78 is 19.4. The molecule has 1 heterocycles. The van der Waals surface area contributed by atoms with E-state index in [0.717, 1.165) is 12.0 Å². The van der Waals surface area contributed by atoms with Crippen LogP contribution in [0.3, 0.4) is 0 Å². The van der Waals surface area contributed by atoms with Crippen LogP contribution in [0.15, 0.2) is 22.7 Å². The largest absolute Gasteiger partial charge is 0.389 e. The van der Waals surface area contributed by atoms with Gasteiger partial charge in [-0.2, -0.15) is 0 Å². The molecule has 0 aliphatic carbocycles. The molecule has 1 aromatic carbocycles. The average Bonchev–Trinajstić information content (AvgIpc) is 2.33. The van der Waals surface area contributed by atoms with Gasteiger partial charge in [0.25, 0.3) is 0 Å². The van der Waals surface area contributed by atoms with Crippen LogP contribution in [-0.4, -0.2) is 22.9 Å². The van der Waals surface area contributed by atoms with E-state index < -0.39 is 5.60 Å². The Morgan fingerprint density at radius 3 is 2.84 bits per heavy atom. The summed E-state index contributed by atoms with van der Waals surface area (Å²) in [5, 5.41) is 10.8. The highest BCUT2D eigenvalue weighted by Crippen LogP contribution is 2.36. The third-order valence-electron chi connectivity index (χ3n) is 3.99. The summed E-state index contributed by atoms with van der Waals surface area (Å²) >= 11 is 3.18. The first kappa shape index (κ1) is 14.9. The summed E-state index contributed by atoms with van der Waals surface area (Å²) in [6.45, 7) is 4.68. The van der Waals surface area contributed by atoms with Crippen LogP contribution in [0.1, 0.15) is 38.7 Å². The minimum Gasteiger partial charge on any atom is -0.389 e. The fourth-order valence-corrected chi connectivity index (χ4v) is 3.16. The van der Waals surface area contributed by atoms with Crippen molar-refractivity contribution in [3.63, 3.8) is 0 Å². The molecule has 0 radical (unpaired) electrons. The summed E-state index contributed by atoms with van der Waals surface area (Å²) in [5.41, 5.74) is -0.0824. The summed E-state index contributed by atoms with van der Waals surface area (Å²) in [5.74, 6) is -0.277. The first-order valence-corrected chi connectivity index (χ1v) is 7.45. The Hall–Kier alpha value is -0.450. The standard InChI is InChI=1S/C15H20BrFO2/c1-3-14(2)10-15(18,6-7-19-14)9-11-4-5-13(17)12(16)8-11/h4-5,8,18H,3,6-7,9-10H2,1-2H3. The van der Waals surface area contributed by atoms with Gasteiger partial charge in [-0.25, -0.2) is 4.39 Å². The molecule has 4 heteroatoms. The maximum Gasteiger partial charge on any atom is 0.137 e. The van der Waals surface area contributed by atoms with Crippen LogP contribution >= 0.6 is 15.9 Å². The summed E-state index contributed by atoms with van der Waals surface area (Å²) in [7, 11) is 0. The van der Waals surface area contributed by atoms with Crippen molar-refractivity contribution in [3.05, 3.63) is 34.1 Å². The highest BCUT2D eigenvalue weighted by atomic mass is 79.9. The van der Waals surface area contributed by atoms with Gasteiger partial charge in [-0.15, -0.1) is 0 Å². The van der Waals surface area contributed by atoms with Gasteiger partial charge in [-0.3, -0.25) is 0 Å². The van der Waals surface area contributed by atoms with E-state index in [1.807, 2.05) is 6.92 Å². The number of hydrogen-bond donors (Lipinski definition) is 1. The molecule has 106 valence electrons. The van der Waals surface area contributed by atoms with Gasteiger partial charge in [-0.1, -0.05) is 13.0 Å². The van der Waals surface area contributed by atoms with Crippen molar-refractivity contribution >= 4 is 15.9 Å². The predicted molar refractivity (Wildman–Crippen MR) is 76.6 cm³/mol. The zero-order valence-corrected chi connectivity index (χ0v) is 13.0. The van der Waals surface area contributed by atoms with E-state index in [2.05, 4.69) is 22.9 Å². The molecule has 1 aromatic rings. The number of halogens is 2. The molecule has 2 unspecified atom stereocenters. The van der Waals surface area contributed by atoms with Crippen LogP contribution in [0, 0.1) is 5.82 Å². The van der Waals surface area contributed by atoms with Gasteiger partial charge in [0.05, 0.1) is 22.3 Å². The zero-order valence-electron chi connectivity index (χ0n) is 11.4. The van der Waals surface area contributed by atoms with Gasteiger partial charge >= 0.3 is 0 Å². The molecule has 1 saturated heterocycles. The monoisotopic (exact) mass is 330 g/mol. The molecule has 0 aromatic heterocycles. The van der Waals surface area contributed by atoms with Crippen molar-refractivity contribution in [1.29, 1.82) is 0 Å². The summed E-state index contributed by atoms with van der Waals surface area (Å²) in [6.07, 6.45) is 2.65. The molecule has 0 bridgehead atoms. The molecular weight excluding hydrogens is 311 g/mol. The Kier molecular flexibility index (Phi) is 4.33. The van der Waals surface area contributed by atoms with Crippen molar-refractivity contribution in [1.82, 2.24) is 0 Å². The van der Waals surface area contributed by atoms with Gasteiger partial charge < -0.3 is 9.84 Å². The van der Waals surface area contributed by atoms with Crippen molar-refractivity contribution in [3.8, 4) is 0 Å². The molecular formula is C15H20BrFO2. The Morgan fingerprint density at radius 1 is 1.47 bits per heavy atom. The smallest absolute Gasteiger partial charge is 0.137 e. The summed E-state index contributed by atoms with van der Waals surface area (Å²) in [4.78, 5) is 0. The van der Waals surface area contributed by atoms with E-state index in [9.17, 15) is 9.50 Å². The molecule has 2 nitrogen and oxygen atoms in total. The average molecular weight is 331 g/mol. The van der Waals surface area contributed by atoms with E-state index in [1.54, 1.807) is 12.1 Å². The molecule has 0 amide bonds. The first-order chi connectivity index (χ1) is 8.86. The molecule has 19 heavy (non-hydrogen) atoms. The number of ether oxygens (including phenoxy) is 1. The van der Waals surface area contributed by atoms with Crippen LogP contribution < -0.4 is 0 Å². The van der Waals surface area contributed by atoms with E-state index >= 15 is 0 Å². The molecule has 0 saturated carbocycles. The van der Waals surface area contributed by atoms with E-state index in [0.29, 0.717) is 30.3 Å². The second-order valence-corrected chi connectivity index (χ2v) is 6.58. The van der Waals surface area contributed by atoms with Crippen molar-refractivity contribution in [2.75, 3.05) is 6.61 Å². The minimum absolute atomic E-state index is 0.260. The van der Waals surface area contributed by atoms with Crippen molar-refractivity contribution < 1.29 is 14.2 Å². The Balaban J connectivity index is 2.14. The summed E-state index contributed by atoms with van der Waals surface area (Å²) in [6, 6.07) is 4.91. The highest BCUT2D eigenvalue weighted by molar-refractivity contribution is 9.10. The third kappa shape index (κ3) is 3.56. The van der Waals surface area contributed by atoms with E-state index in [4.69, 9.17) is 4.74 Å². The van der Waals surface area contributed by atoms with E-state index in [1.165, 1.54) is 6.07 Å². The Bertz CT molecular complexity index is 465. The lowest BCUT2D eigenvalue weighted by molar-refractivity contribution is -0.152. The van der Waals surface area contributed by atoms with Gasteiger partial charge in [0.1, 0.15) is 5.82 Å². The van der Waals surface area contributed by atoms with Gasteiger partial charge in [0.15, 0.2) is 0 Å². The maximum absolute atomic E-state index is 13.2. The van der Waals surface area contributed by atoms with Crippen molar-refractivity contribution in [2.24, 2.45) is 0 Å². The van der Waals surface area contributed by atoms with Gasteiger partial charge in [-0.05, 0) is 53.4 Å². The second kappa shape index (κ2) is 5.51. The minimum atomic E-state index is -0.764. The number of rotatable bonds is 3. The van der Waals surface area contributed by atoms with Gasteiger partial charge in [0, 0.05) is 12.8 Å². The lowest BCUT2D eigenvalue weighted by Crippen LogP contribution is -2.48. The lowest BCUT2D eigenvalue weighted by Gasteiger charge is -2.43. The van der Waals surface area contributed by atoms with Gasteiger partial charge in [0.2, 0.25) is 0 Å². The highest BCUT2D eigenvalue weighted by Gasteiger charge is 2.41. The fourth-order valence-electron chi connectivity index (χ4n) is 2.73. The quantitative estimate of drug-likeness (QED) is 0.912. The number of hydrogen-bond acceptors (Lipinski definition) is 2. The molecule has 1 N–H and O–H groups in total. The Labute approximate surface area is 122 Å². The third-order valence-corrected chi connectivity index (χ3v) is 4.59. The zero-order chi connectivity index (χ0) is 14.1. The van der Waals surface area contributed by atoms with E-state index in [-0.39, 0.29) is 11.4 Å². The van der Waals surface area contributed by atoms with Crippen LogP contribution in [0.25, 0.3) is 0 Å². The normalized spacial score (nSPS) is 31.4. The molecule has 2 atom stereocenters. The van der Waals surface area contributed by atoms with Crippen LogP contribution in [0.5, 0.6) is 0 Å². The lowest BCUT2D eigenvalue weighted by atomic mass is 9.78. The second-order valence-electron chi connectivity index (χ2n) is 5.73. The maximum atomic E-state index is 13.2. The SMILES string of the molecule is CCC1(C)CC(O)(Cc2ccc(F)c(Br)c2)CCO1. The topological polar surface area (TPSA) is 29.5 Å². The molecule has 1 fully saturated rings. The number of aliphatic hydroxyl groups is 1.